The minimum absolute atomic E-state index is 0.175. The van der Waals surface area contributed by atoms with E-state index < -0.39 is 5.97 Å². The number of rotatable bonds is 7. The first-order chi connectivity index (χ1) is 8.61. The van der Waals surface area contributed by atoms with Crippen LogP contribution in [-0.2, 0) is 4.79 Å². The smallest absolute Gasteiger partial charge is 0.303 e. The van der Waals surface area contributed by atoms with Gasteiger partial charge in [-0.3, -0.25) is 14.6 Å². The molecule has 0 saturated heterocycles. The highest BCUT2D eigenvalue weighted by Crippen LogP contribution is 2.03. The largest absolute Gasteiger partial charge is 0.481 e. The number of unbranched alkanes of at least 4 members (excludes halogenated alkanes) is 2. The summed E-state index contributed by atoms with van der Waals surface area (Å²) in [7, 11) is 0. The lowest BCUT2D eigenvalue weighted by Gasteiger charge is -2.06. The number of aromatic nitrogens is 1. The molecule has 1 amide bonds. The summed E-state index contributed by atoms with van der Waals surface area (Å²) in [6.45, 7) is 2.39. The van der Waals surface area contributed by atoms with E-state index in [0.717, 1.165) is 18.4 Å². The molecule has 1 aromatic rings. The SMILES string of the molecule is Cc1cccnc1C(=O)NCCCCCC(=O)O. The van der Waals surface area contributed by atoms with E-state index in [2.05, 4.69) is 10.3 Å². The molecule has 0 aliphatic heterocycles. The minimum Gasteiger partial charge on any atom is -0.481 e. The van der Waals surface area contributed by atoms with Crippen molar-refractivity contribution in [3.8, 4) is 0 Å². The molecular weight excluding hydrogens is 232 g/mol. The summed E-state index contributed by atoms with van der Waals surface area (Å²) < 4.78 is 0. The number of carboxylic acid groups (broad SMARTS) is 1. The van der Waals surface area contributed by atoms with Gasteiger partial charge in [-0.2, -0.15) is 0 Å². The summed E-state index contributed by atoms with van der Waals surface area (Å²) in [6, 6.07) is 3.63. The number of nitrogens with one attached hydrogen (secondary N) is 1. The first-order valence-electron chi connectivity index (χ1n) is 6.03. The van der Waals surface area contributed by atoms with Gasteiger partial charge in [0, 0.05) is 19.2 Å². The van der Waals surface area contributed by atoms with Gasteiger partial charge in [0.05, 0.1) is 0 Å². The Labute approximate surface area is 106 Å². The van der Waals surface area contributed by atoms with Crippen LogP contribution in [-0.4, -0.2) is 28.5 Å². The van der Waals surface area contributed by atoms with Gasteiger partial charge in [0.2, 0.25) is 0 Å². The predicted molar refractivity (Wildman–Crippen MR) is 67.4 cm³/mol. The summed E-state index contributed by atoms with van der Waals surface area (Å²) in [5.74, 6) is -0.950. The van der Waals surface area contributed by atoms with Crippen molar-refractivity contribution in [3.05, 3.63) is 29.6 Å². The van der Waals surface area contributed by atoms with Crippen LogP contribution in [0.15, 0.2) is 18.3 Å². The van der Waals surface area contributed by atoms with Crippen LogP contribution < -0.4 is 5.32 Å². The van der Waals surface area contributed by atoms with Crippen molar-refractivity contribution in [2.24, 2.45) is 0 Å². The van der Waals surface area contributed by atoms with E-state index in [4.69, 9.17) is 5.11 Å². The van der Waals surface area contributed by atoms with Crippen LogP contribution in [0.4, 0.5) is 0 Å². The second kappa shape index (κ2) is 7.42. The van der Waals surface area contributed by atoms with Crippen LogP contribution in [0.3, 0.4) is 0 Å². The van der Waals surface area contributed by atoms with E-state index in [9.17, 15) is 9.59 Å². The molecule has 18 heavy (non-hydrogen) atoms. The van der Waals surface area contributed by atoms with Crippen LogP contribution in [0.2, 0.25) is 0 Å². The third-order valence-corrected chi connectivity index (χ3v) is 2.58. The van der Waals surface area contributed by atoms with E-state index in [0.29, 0.717) is 18.7 Å². The van der Waals surface area contributed by atoms with Gasteiger partial charge in [0.1, 0.15) is 5.69 Å². The standard InChI is InChI=1S/C13H18N2O3/c1-10-6-5-9-14-12(10)13(18)15-8-4-2-3-7-11(16)17/h5-6,9H,2-4,7-8H2,1H3,(H,15,18)(H,16,17). The summed E-state index contributed by atoms with van der Waals surface area (Å²) in [5.41, 5.74) is 1.30. The summed E-state index contributed by atoms with van der Waals surface area (Å²) >= 11 is 0. The third-order valence-electron chi connectivity index (χ3n) is 2.58. The second-order valence-electron chi connectivity index (χ2n) is 4.13. The van der Waals surface area contributed by atoms with Crippen molar-refractivity contribution in [2.45, 2.75) is 32.6 Å². The van der Waals surface area contributed by atoms with Gasteiger partial charge in [0.25, 0.3) is 5.91 Å². The fourth-order valence-corrected chi connectivity index (χ4v) is 1.59. The van der Waals surface area contributed by atoms with Gasteiger partial charge in [0.15, 0.2) is 0 Å². The number of aryl methyl sites for hydroxylation is 1. The Hall–Kier alpha value is -1.91. The van der Waals surface area contributed by atoms with Gasteiger partial charge in [-0.05, 0) is 31.4 Å². The molecule has 1 heterocycles. The molecule has 5 heteroatoms. The van der Waals surface area contributed by atoms with E-state index >= 15 is 0 Å². The third kappa shape index (κ3) is 4.95. The maximum atomic E-state index is 11.7. The highest BCUT2D eigenvalue weighted by molar-refractivity contribution is 5.93. The highest BCUT2D eigenvalue weighted by atomic mass is 16.4. The molecule has 5 nitrogen and oxygen atoms in total. The van der Waals surface area contributed by atoms with E-state index in [1.807, 2.05) is 13.0 Å². The maximum absolute atomic E-state index is 11.7. The number of aliphatic carboxylic acids is 1. The number of amides is 1. The normalized spacial score (nSPS) is 10.1. The topological polar surface area (TPSA) is 79.3 Å². The van der Waals surface area contributed by atoms with Crippen molar-refractivity contribution in [2.75, 3.05) is 6.54 Å². The molecule has 0 unspecified atom stereocenters. The molecule has 1 rings (SSSR count). The van der Waals surface area contributed by atoms with Crippen LogP contribution in [0.1, 0.15) is 41.7 Å². The Balaban J connectivity index is 2.22. The molecule has 0 aromatic carbocycles. The summed E-state index contributed by atoms with van der Waals surface area (Å²) in [6.07, 6.45) is 4.01. The number of carbonyl (C=O) groups is 2. The van der Waals surface area contributed by atoms with Crippen molar-refractivity contribution < 1.29 is 14.7 Å². The first kappa shape index (κ1) is 14.2. The number of nitrogens with zero attached hydrogens (tertiary/aromatic N) is 1. The zero-order valence-corrected chi connectivity index (χ0v) is 10.5. The van der Waals surface area contributed by atoms with E-state index in [1.54, 1.807) is 12.3 Å². The quantitative estimate of drug-likeness (QED) is 0.723. The molecule has 0 bridgehead atoms. The molecule has 0 aliphatic rings. The monoisotopic (exact) mass is 250 g/mol. The fourth-order valence-electron chi connectivity index (χ4n) is 1.59. The Morgan fingerprint density at radius 2 is 2.11 bits per heavy atom. The van der Waals surface area contributed by atoms with Crippen molar-refractivity contribution in [1.82, 2.24) is 10.3 Å². The molecule has 0 radical (unpaired) electrons. The van der Waals surface area contributed by atoms with E-state index in [1.165, 1.54) is 0 Å². The lowest BCUT2D eigenvalue weighted by atomic mass is 10.2. The molecular formula is C13H18N2O3. The number of carboxylic acids is 1. The van der Waals surface area contributed by atoms with Gasteiger partial charge in [-0.1, -0.05) is 12.5 Å². The van der Waals surface area contributed by atoms with Crippen LogP contribution in [0, 0.1) is 6.92 Å². The lowest BCUT2D eigenvalue weighted by Crippen LogP contribution is -2.26. The van der Waals surface area contributed by atoms with Crippen molar-refractivity contribution in [3.63, 3.8) is 0 Å². The zero-order chi connectivity index (χ0) is 13.4. The maximum Gasteiger partial charge on any atom is 0.303 e. The Kier molecular flexibility index (Phi) is 5.84. The molecule has 1 aromatic heterocycles. The van der Waals surface area contributed by atoms with Gasteiger partial charge >= 0.3 is 5.97 Å². The average molecular weight is 250 g/mol. The number of carbonyl (C=O) groups excluding carboxylic acids is 1. The average Bonchev–Trinajstić information content (AvgIpc) is 2.33. The van der Waals surface area contributed by atoms with Crippen molar-refractivity contribution >= 4 is 11.9 Å². The molecule has 0 atom stereocenters. The molecule has 0 aliphatic carbocycles. The lowest BCUT2D eigenvalue weighted by molar-refractivity contribution is -0.137. The fraction of sp³-hybridized carbons (Fsp3) is 0.462. The van der Waals surface area contributed by atoms with Crippen molar-refractivity contribution in [1.29, 1.82) is 0 Å². The summed E-state index contributed by atoms with van der Waals surface area (Å²) in [4.78, 5) is 26.1. The van der Waals surface area contributed by atoms with Crippen LogP contribution >= 0.6 is 0 Å². The Morgan fingerprint density at radius 1 is 1.33 bits per heavy atom. The molecule has 0 spiro atoms. The minimum atomic E-state index is -0.775. The van der Waals surface area contributed by atoms with E-state index in [-0.39, 0.29) is 12.3 Å². The number of hydrogen-bond acceptors (Lipinski definition) is 3. The van der Waals surface area contributed by atoms with Crippen LogP contribution in [0.25, 0.3) is 0 Å². The summed E-state index contributed by atoms with van der Waals surface area (Å²) in [5, 5.41) is 11.2. The number of hydrogen-bond donors (Lipinski definition) is 2. The number of pyridine rings is 1. The van der Waals surface area contributed by atoms with Gasteiger partial charge in [-0.25, -0.2) is 0 Å². The van der Waals surface area contributed by atoms with Gasteiger partial charge in [-0.15, -0.1) is 0 Å². The van der Waals surface area contributed by atoms with Crippen LogP contribution in [0.5, 0.6) is 0 Å². The highest BCUT2D eigenvalue weighted by Gasteiger charge is 2.08. The molecule has 98 valence electrons. The van der Waals surface area contributed by atoms with Gasteiger partial charge < -0.3 is 10.4 Å². The first-order valence-corrected chi connectivity index (χ1v) is 6.03. The zero-order valence-electron chi connectivity index (χ0n) is 10.5. The Morgan fingerprint density at radius 3 is 2.78 bits per heavy atom. The molecule has 0 saturated carbocycles. The second-order valence-corrected chi connectivity index (χ2v) is 4.13. The molecule has 2 N–H and O–H groups in total. The predicted octanol–water partition coefficient (Wildman–Crippen LogP) is 1.76. The Bertz CT molecular complexity index is 418. The molecule has 0 fully saturated rings.